The van der Waals surface area contributed by atoms with E-state index in [-0.39, 0.29) is 5.41 Å². The minimum atomic E-state index is 0.178. The molecule has 0 unspecified atom stereocenters. The van der Waals surface area contributed by atoms with Gasteiger partial charge >= 0.3 is 0 Å². The van der Waals surface area contributed by atoms with Crippen LogP contribution in [0.5, 0.6) is 0 Å². The number of hydrogen-bond acceptors (Lipinski definition) is 0. The smallest absolute Gasteiger partial charge is 0.0577 e. The third-order valence-corrected chi connectivity index (χ3v) is 3.43. The molecule has 1 rings (SSSR count). The van der Waals surface area contributed by atoms with Crippen molar-refractivity contribution in [2.24, 2.45) is 0 Å². The third-order valence-electron chi connectivity index (χ3n) is 2.08. The molecule has 0 bridgehead atoms. The first-order chi connectivity index (χ1) is 5.82. The lowest BCUT2D eigenvalue weighted by atomic mass is 9.86. The van der Waals surface area contributed by atoms with Gasteiger partial charge in [-0.2, -0.15) is 0 Å². The maximum atomic E-state index is 6.05. The Kier molecular flexibility index (Phi) is 3.09. The van der Waals surface area contributed by atoms with Gasteiger partial charge in [0, 0.05) is 4.47 Å². The van der Waals surface area contributed by atoms with E-state index in [1.165, 1.54) is 5.56 Å². The van der Waals surface area contributed by atoms with E-state index in [0.717, 1.165) is 15.1 Å². The molecule has 0 spiro atoms. The molecule has 0 atom stereocenters. The zero-order valence-corrected chi connectivity index (χ0v) is 10.8. The van der Waals surface area contributed by atoms with Crippen LogP contribution in [0.25, 0.3) is 0 Å². The van der Waals surface area contributed by atoms with Gasteiger partial charge in [0.25, 0.3) is 0 Å². The van der Waals surface area contributed by atoms with Crippen LogP contribution < -0.4 is 0 Å². The van der Waals surface area contributed by atoms with Crippen molar-refractivity contribution in [1.29, 1.82) is 0 Å². The van der Waals surface area contributed by atoms with E-state index in [4.69, 9.17) is 11.6 Å². The van der Waals surface area contributed by atoms with Crippen molar-refractivity contribution in [2.75, 3.05) is 0 Å². The van der Waals surface area contributed by atoms with Crippen molar-refractivity contribution in [3.63, 3.8) is 0 Å². The van der Waals surface area contributed by atoms with Crippen LogP contribution in [0.4, 0.5) is 0 Å². The Hall–Kier alpha value is -0.0100. The highest BCUT2D eigenvalue weighted by Gasteiger charge is 2.15. The van der Waals surface area contributed by atoms with E-state index in [1.807, 2.05) is 6.92 Å². The highest BCUT2D eigenvalue weighted by atomic mass is 79.9. The molecule has 0 aliphatic rings. The van der Waals surface area contributed by atoms with Gasteiger partial charge in [-0.05, 0) is 45.5 Å². The number of aryl methyl sites for hydroxylation is 1. The molecule has 0 radical (unpaired) electrons. The average molecular weight is 262 g/mol. The van der Waals surface area contributed by atoms with Crippen molar-refractivity contribution in [3.8, 4) is 0 Å². The van der Waals surface area contributed by atoms with E-state index in [9.17, 15) is 0 Å². The van der Waals surface area contributed by atoms with Crippen molar-refractivity contribution in [3.05, 3.63) is 32.8 Å². The summed E-state index contributed by atoms with van der Waals surface area (Å²) in [6.45, 7) is 8.62. The number of benzene rings is 1. The van der Waals surface area contributed by atoms with Crippen molar-refractivity contribution < 1.29 is 0 Å². The minimum Gasteiger partial charge on any atom is -0.0828 e. The fraction of sp³-hybridized carbons (Fsp3) is 0.455. The largest absolute Gasteiger partial charge is 0.0828 e. The molecule has 0 aliphatic carbocycles. The standard InChI is InChI=1S/C11H14BrCl/c1-7-5-8(11(2,3)4)6-9(12)10(7)13/h5-6H,1-4H3. The van der Waals surface area contributed by atoms with Crippen LogP contribution in [0.2, 0.25) is 5.02 Å². The summed E-state index contributed by atoms with van der Waals surface area (Å²) in [4.78, 5) is 0. The van der Waals surface area contributed by atoms with E-state index in [0.29, 0.717) is 0 Å². The predicted molar refractivity (Wildman–Crippen MR) is 62.6 cm³/mol. The Bertz CT molecular complexity index is 300. The van der Waals surface area contributed by atoms with Crippen LogP contribution in [-0.2, 0) is 5.41 Å². The third kappa shape index (κ3) is 2.47. The second-order valence-electron chi connectivity index (χ2n) is 4.34. The van der Waals surface area contributed by atoms with Gasteiger partial charge in [-0.25, -0.2) is 0 Å². The van der Waals surface area contributed by atoms with Gasteiger partial charge in [-0.3, -0.25) is 0 Å². The maximum absolute atomic E-state index is 6.05. The van der Waals surface area contributed by atoms with Gasteiger partial charge in [0.1, 0.15) is 0 Å². The Labute approximate surface area is 93.4 Å². The van der Waals surface area contributed by atoms with Gasteiger partial charge in [-0.15, -0.1) is 0 Å². The Balaban J connectivity index is 3.29. The summed E-state index contributed by atoms with van der Waals surface area (Å²) in [6, 6.07) is 4.24. The molecule has 1 aromatic rings. The monoisotopic (exact) mass is 260 g/mol. The molecular formula is C11H14BrCl. The molecule has 2 heteroatoms. The van der Waals surface area contributed by atoms with E-state index in [2.05, 4.69) is 48.8 Å². The first-order valence-corrected chi connectivity index (χ1v) is 5.45. The van der Waals surface area contributed by atoms with E-state index in [1.54, 1.807) is 0 Å². The Morgan fingerprint density at radius 1 is 1.23 bits per heavy atom. The Morgan fingerprint density at radius 2 is 1.77 bits per heavy atom. The van der Waals surface area contributed by atoms with Crippen LogP contribution in [0.1, 0.15) is 31.9 Å². The van der Waals surface area contributed by atoms with Crippen LogP contribution in [0.3, 0.4) is 0 Å². The lowest BCUT2D eigenvalue weighted by Gasteiger charge is -2.20. The van der Waals surface area contributed by atoms with Crippen molar-refractivity contribution in [1.82, 2.24) is 0 Å². The summed E-state index contributed by atoms with van der Waals surface area (Å²) in [5.41, 5.74) is 2.61. The van der Waals surface area contributed by atoms with E-state index < -0.39 is 0 Å². The fourth-order valence-corrected chi connectivity index (χ4v) is 1.83. The van der Waals surface area contributed by atoms with Gasteiger partial charge < -0.3 is 0 Å². The lowest BCUT2D eigenvalue weighted by Crippen LogP contribution is -2.11. The summed E-state index contributed by atoms with van der Waals surface area (Å²) < 4.78 is 0.985. The van der Waals surface area contributed by atoms with Crippen LogP contribution >= 0.6 is 27.5 Å². The number of hydrogen-bond donors (Lipinski definition) is 0. The first-order valence-electron chi connectivity index (χ1n) is 4.28. The first kappa shape index (κ1) is 11.1. The van der Waals surface area contributed by atoms with Crippen molar-refractivity contribution in [2.45, 2.75) is 33.1 Å². The molecule has 0 amide bonds. The molecule has 0 nitrogen and oxygen atoms in total. The second kappa shape index (κ2) is 3.62. The van der Waals surface area contributed by atoms with E-state index >= 15 is 0 Å². The number of halogens is 2. The second-order valence-corrected chi connectivity index (χ2v) is 5.57. The van der Waals surface area contributed by atoms with Crippen LogP contribution in [0.15, 0.2) is 16.6 Å². The zero-order chi connectivity index (χ0) is 10.2. The molecule has 0 heterocycles. The molecule has 0 saturated heterocycles. The molecule has 1 aromatic carbocycles. The summed E-state index contributed by atoms with van der Waals surface area (Å²) in [5, 5.41) is 0.813. The summed E-state index contributed by atoms with van der Waals surface area (Å²) in [7, 11) is 0. The molecule has 0 fully saturated rings. The lowest BCUT2D eigenvalue weighted by molar-refractivity contribution is 0.589. The normalized spacial score (nSPS) is 11.8. The summed E-state index contributed by atoms with van der Waals surface area (Å²) in [6.07, 6.45) is 0. The average Bonchev–Trinajstić information content (AvgIpc) is 1.97. The summed E-state index contributed by atoms with van der Waals surface area (Å²) >= 11 is 9.51. The van der Waals surface area contributed by atoms with Gasteiger partial charge in [0.05, 0.1) is 5.02 Å². The SMILES string of the molecule is Cc1cc(C(C)(C)C)cc(Br)c1Cl. The Morgan fingerprint density at radius 3 is 2.15 bits per heavy atom. The molecule has 0 aromatic heterocycles. The van der Waals surface area contributed by atoms with Gasteiger partial charge in [0.2, 0.25) is 0 Å². The maximum Gasteiger partial charge on any atom is 0.0577 e. The quantitative estimate of drug-likeness (QED) is 0.634. The zero-order valence-electron chi connectivity index (χ0n) is 8.41. The minimum absolute atomic E-state index is 0.178. The highest BCUT2D eigenvalue weighted by molar-refractivity contribution is 9.10. The molecule has 72 valence electrons. The molecule has 0 saturated carbocycles. The molecule has 0 aliphatic heterocycles. The van der Waals surface area contributed by atoms with Gasteiger partial charge in [-0.1, -0.05) is 38.4 Å². The predicted octanol–water partition coefficient (Wildman–Crippen LogP) is 4.71. The van der Waals surface area contributed by atoms with Crippen LogP contribution in [-0.4, -0.2) is 0 Å². The molecule has 13 heavy (non-hydrogen) atoms. The van der Waals surface area contributed by atoms with Crippen molar-refractivity contribution >= 4 is 27.5 Å². The number of rotatable bonds is 0. The topological polar surface area (TPSA) is 0 Å². The van der Waals surface area contributed by atoms with Gasteiger partial charge in [0.15, 0.2) is 0 Å². The summed E-state index contributed by atoms with van der Waals surface area (Å²) in [5.74, 6) is 0. The highest BCUT2D eigenvalue weighted by Crippen LogP contribution is 2.32. The molecule has 0 N–H and O–H groups in total. The fourth-order valence-electron chi connectivity index (χ4n) is 1.16. The molecular weight excluding hydrogens is 247 g/mol. The van der Waals surface area contributed by atoms with Crippen LogP contribution in [0, 0.1) is 6.92 Å².